The average molecular weight is 320 g/mol. The van der Waals surface area contributed by atoms with E-state index in [2.05, 4.69) is 27.4 Å². The van der Waals surface area contributed by atoms with Crippen molar-refractivity contribution < 1.29 is 15.0 Å². The first-order chi connectivity index (χ1) is 10.6. The van der Waals surface area contributed by atoms with E-state index in [1.54, 1.807) is 0 Å². The van der Waals surface area contributed by atoms with Crippen LogP contribution in [0.15, 0.2) is 12.7 Å². The molecule has 3 rings (SSSR count). The number of hydrogen-bond acceptors (Lipinski definition) is 3. The third-order valence-corrected chi connectivity index (χ3v) is 8.33. The van der Waals surface area contributed by atoms with Gasteiger partial charge in [0.2, 0.25) is 0 Å². The highest BCUT2D eigenvalue weighted by Gasteiger charge is 2.67. The molecule has 3 aliphatic carbocycles. The summed E-state index contributed by atoms with van der Waals surface area (Å²) in [5.74, 6) is 0.544. The number of carbonyl (C=O) groups is 1. The Bertz CT molecular complexity index is 529. The van der Waals surface area contributed by atoms with Gasteiger partial charge in [-0.2, -0.15) is 0 Å². The molecular formula is C20H32O3. The standard InChI is InChI=1S/C20H32O3/c1-6-18(4)11-15(22)19(5)12(2)7-9-20(13(3)17(18)23)10-8-14(21)16(19)20/h6,12-13,15-17,22-23H,1,7-11H2,2-5H3/t12-,13?,15-,16?,17?,18+,19+,20?/m1/s1. The molecule has 3 heteroatoms. The second-order valence-corrected chi connectivity index (χ2v) is 9.10. The lowest BCUT2D eigenvalue weighted by atomic mass is 9.44. The van der Waals surface area contributed by atoms with Gasteiger partial charge in [0.1, 0.15) is 5.78 Å². The molecule has 0 radical (unpaired) electrons. The van der Waals surface area contributed by atoms with E-state index in [0.717, 1.165) is 19.3 Å². The van der Waals surface area contributed by atoms with Gasteiger partial charge in [0, 0.05) is 23.2 Å². The zero-order valence-corrected chi connectivity index (χ0v) is 15.0. The zero-order chi connectivity index (χ0) is 17.2. The van der Waals surface area contributed by atoms with Crippen molar-refractivity contribution in [2.75, 3.05) is 0 Å². The molecule has 8 atom stereocenters. The predicted octanol–water partition coefficient (Wildman–Crippen LogP) is 3.34. The van der Waals surface area contributed by atoms with Crippen molar-refractivity contribution in [2.45, 2.75) is 72.0 Å². The first kappa shape index (κ1) is 17.2. The van der Waals surface area contributed by atoms with Crippen molar-refractivity contribution in [3.05, 3.63) is 12.7 Å². The first-order valence-corrected chi connectivity index (χ1v) is 9.16. The molecule has 0 spiro atoms. The van der Waals surface area contributed by atoms with Crippen molar-refractivity contribution in [1.29, 1.82) is 0 Å². The van der Waals surface area contributed by atoms with Gasteiger partial charge in [-0.3, -0.25) is 4.79 Å². The van der Waals surface area contributed by atoms with Crippen LogP contribution in [0.4, 0.5) is 0 Å². The summed E-state index contributed by atoms with van der Waals surface area (Å²) in [5.41, 5.74) is -1.07. The summed E-state index contributed by atoms with van der Waals surface area (Å²) in [7, 11) is 0. The molecule has 0 aromatic rings. The molecule has 0 aromatic heterocycles. The smallest absolute Gasteiger partial charge is 0.137 e. The van der Waals surface area contributed by atoms with Gasteiger partial charge in [-0.05, 0) is 42.9 Å². The van der Waals surface area contributed by atoms with Crippen LogP contribution < -0.4 is 0 Å². The second-order valence-electron chi connectivity index (χ2n) is 9.10. The van der Waals surface area contributed by atoms with Gasteiger partial charge in [0.05, 0.1) is 12.2 Å². The maximum absolute atomic E-state index is 12.8. The third-order valence-electron chi connectivity index (χ3n) is 8.33. The molecule has 4 unspecified atom stereocenters. The van der Waals surface area contributed by atoms with Crippen LogP contribution in [0.5, 0.6) is 0 Å². The van der Waals surface area contributed by atoms with Crippen molar-refractivity contribution in [3.63, 3.8) is 0 Å². The lowest BCUT2D eigenvalue weighted by Gasteiger charge is -2.61. The lowest BCUT2D eigenvalue weighted by Crippen LogP contribution is -2.62. The largest absolute Gasteiger partial charge is 0.392 e. The summed E-state index contributed by atoms with van der Waals surface area (Å²) in [5, 5.41) is 22.3. The number of Topliss-reactive ketones (excluding diaryl/α,β-unsaturated/α-hetero) is 1. The maximum Gasteiger partial charge on any atom is 0.137 e. The number of rotatable bonds is 1. The molecule has 0 aliphatic heterocycles. The van der Waals surface area contributed by atoms with Gasteiger partial charge in [0.25, 0.3) is 0 Å². The van der Waals surface area contributed by atoms with Crippen molar-refractivity contribution in [2.24, 2.45) is 34.0 Å². The van der Waals surface area contributed by atoms with Crippen LogP contribution in [0.2, 0.25) is 0 Å². The lowest BCUT2D eigenvalue weighted by molar-refractivity contribution is -0.191. The SMILES string of the molecule is C=C[C@@]1(C)C[C@@H](O)[C@@]2(C)C3C(=O)CCC3(CC[C@H]2C)C(C)C1O. The van der Waals surface area contributed by atoms with Crippen LogP contribution >= 0.6 is 0 Å². The van der Waals surface area contributed by atoms with E-state index < -0.39 is 23.0 Å². The normalized spacial score (nSPS) is 56.6. The first-order valence-electron chi connectivity index (χ1n) is 9.16. The molecular weight excluding hydrogens is 288 g/mol. The number of aliphatic hydroxyl groups excluding tert-OH is 2. The van der Waals surface area contributed by atoms with Crippen LogP contribution in [0.1, 0.15) is 59.8 Å². The van der Waals surface area contributed by atoms with Gasteiger partial charge in [-0.1, -0.05) is 33.8 Å². The molecule has 3 saturated carbocycles. The molecule has 0 saturated heterocycles. The van der Waals surface area contributed by atoms with E-state index in [-0.39, 0.29) is 17.3 Å². The Morgan fingerprint density at radius 2 is 1.87 bits per heavy atom. The van der Waals surface area contributed by atoms with E-state index in [4.69, 9.17) is 0 Å². The number of aliphatic hydroxyl groups is 2. The average Bonchev–Trinajstić information content (AvgIpc) is 2.87. The van der Waals surface area contributed by atoms with Crippen LogP contribution in [0.25, 0.3) is 0 Å². The Morgan fingerprint density at radius 3 is 2.48 bits per heavy atom. The molecule has 23 heavy (non-hydrogen) atoms. The minimum atomic E-state index is -0.589. The summed E-state index contributed by atoms with van der Waals surface area (Å²) >= 11 is 0. The number of carbonyl (C=O) groups excluding carboxylic acids is 1. The highest BCUT2D eigenvalue weighted by molar-refractivity contribution is 5.85. The predicted molar refractivity (Wildman–Crippen MR) is 90.8 cm³/mol. The molecule has 0 heterocycles. The van der Waals surface area contributed by atoms with Crippen LogP contribution in [-0.4, -0.2) is 28.2 Å². The topological polar surface area (TPSA) is 57.5 Å². The van der Waals surface area contributed by atoms with E-state index in [1.165, 1.54) is 0 Å². The van der Waals surface area contributed by atoms with Crippen LogP contribution in [0.3, 0.4) is 0 Å². The fraction of sp³-hybridized carbons (Fsp3) is 0.850. The molecule has 2 N–H and O–H groups in total. The van der Waals surface area contributed by atoms with Gasteiger partial charge in [0.15, 0.2) is 0 Å². The van der Waals surface area contributed by atoms with Gasteiger partial charge in [-0.15, -0.1) is 6.58 Å². The van der Waals surface area contributed by atoms with Gasteiger partial charge in [-0.25, -0.2) is 0 Å². The summed E-state index contributed by atoms with van der Waals surface area (Å²) in [6.45, 7) is 12.4. The summed E-state index contributed by atoms with van der Waals surface area (Å²) < 4.78 is 0. The Hall–Kier alpha value is -0.670. The van der Waals surface area contributed by atoms with Crippen LogP contribution in [-0.2, 0) is 4.79 Å². The Kier molecular flexibility index (Phi) is 3.85. The number of hydrogen-bond donors (Lipinski definition) is 2. The molecule has 3 fully saturated rings. The van der Waals surface area contributed by atoms with Gasteiger partial charge < -0.3 is 10.2 Å². The van der Waals surface area contributed by atoms with Crippen molar-refractivity contribution >= 4 is 5.78 Å². The van der Waals surface area contributed by atoms with Crippen molar-refractivity contribution in [3.8, 4) is 0 Å². The summed E-state index contributed by atoms with van der Waals surface area (Å²) in [4.78, 5) is 12.8. The molecule has 0 aromatic carbocycles. The maximum atomic E-state index is 12.8. The highest BCUT2D eigenvalue weighted by Crippen LogP contribution is 2.67. The van der Waals surface area contributed by atoms with Gasteiger partial charge >= 0.3 is 0 Å². The second kappa shape index (κ2) is 5.16. The number of ketones is 1. The fourth-order valence-electron chi connectivity index (χ4n) is 6.37. The monoisotopic (exact) mass is 320 g/mol. The zero-order valence-electron chi connectivity index (χ0n) is 15.0. The molecule has 3 nitrogen and oxygen atoms in total. The Balaban J connectivity index is 2.21. The Labute approximate surface area is 140 Å². The quantitative estimate of drug-likeness (QED) is 0.729. The van der Waals surface area contributed by atoms with E-state index >= 15 is 0 Å². The fourth-order valence-corrected chi connectivity index (χ4v) is 6.37. The van der Waals surface area contributed by atoms with Crippen LogP contribution in [0, 0.1) is 34.0 Å². The molecule has 3 aliphatic rings. The van der Waals surface area contributed by atoms with E-state index in [1.807, 2.05) is 13.0 Å². The van der Waals surface area contributed by atoms with E-state index in [9.17, 15) is 15.0 Å². The summed E-state index contributed by atoms with van der Waals surface area (Å²) in [6.07, 6.45) is 4.60. The molecule has 2 bridgehead atoms. The Morgan fingerprint density at radius 1 is 1.22 bits per heavy atom. The third kappa shape index (κ3) is 1.99. The van der Waals surface area contributed by atoms with Crippen molar-refractivity contribution in [1.82, 2.24) is 0 Å². The molecule has 0 amide bonds. The molecule has 130 valence electrons. The minimum absolute atomic E-state index is 0.0428. The summed E-state index contributed by atoms with van der Waals surface area (Å²) in [6, 6.07) is 0. The highest BCUT2D eigenvalue weighted by atomic mass is 16.3. The minimum Gasteiger partial charge on any atom is -0.392 e. The van der Waals surface area contributed by atoms with E-state index in [0.29, 0.717) is 24.5 Å².